The number of aliphatic carboxylic acids is 3. The number of rotatable bonds is 17. The van der Waals surface area contributed by atoms with E-state index in [0.717, 1.165) is 37.0 Å². The Kier molecular flexibility index (Phi) is 15.8. The van der Waals surface area contributed by atoms with Gasteiger partial charge in [0, 0.05) is 30.9 Å². The number of hydrogen-bond acceptors (Lipinski definition) is 8. The molecule has 2 heterocycles. The quantitative estimate of drug-likeness (QED) is 0.0802. The van der Waals surface area contributed by atoms with Crippen LogP contribution in [0.2, 0.25) is 0 Å². The van der Waals surface area contributed by atoms with Crippen molar-refractivity contribution in [1.29, 1.82) is 0 Å². The molecule has 2 aliphatic rings. The van der Waals surface area contributed by atoms with E-state index in [1.54, 1.807) is 38.2 Å². The van der Waals surface area contributed by atoms with Gasteiger partial charge in [-0.3, -0.25) is 9.59 Å². The first-order chi connectivity index (χ1) is 22.1. The molecule has 0 amide bonds. The van der Waals surface area contributed by atoms with Crippen molar-refractivity contribution < 1.29 is 53.8 Å². The summed E-state index contributed by atoms with van der Waals surface area (Å²) in [5, 5.41) is 37.5. The van der Waals surface area contributed by atoms with Crippen LogP contribution < -0.4 is 0 Å². The van der Waals surface area contributed by atoms with E-state index in [1.165, 1.54) is 6.08 Å². The summed E-state index contributed by atoms with van der Waals surface area (Å²) in [6.45, 7) is 9.44. The largest absolute Gasteiger partial charge is 0.481 e. The summed E-state index contributed by atoms with van der Waals surface area (Å²) in [6, 6.07) is 0. The van der Waals surface area contributed by atoms with Crippen molar-refractivity contribution in [3.63, 3.8) is 0 Å². The number of carbonyl (C=O) groups excluding carboxylic acids is 1. The van der Waals surface area contributed by atoms with Gasteiger partial charge in [0.05, 0.1) is 25.0 Å². The minimum absolute atomic E-state index is 0.186. The molecule has 0 bridgehead atoms. The second kappa shape index (κ2) is 18.7. The van der Waals surface area contributed by atoms with Crippen molar-refractivity contribution in [1.82, 2.24) is 0 Å². The molecule has 2 rings (SSSR count). The minimum Gasteiger partial charge on any atom is -0.481 e. The smallest absolute Gasteiger partial charge is 0.328 e. The first-order valence-electron chi connectivity index (χ1n) is 16.4. The van der Waals surface area contributed by atoms with Gasteiger partial charge in [-0.05, 0) is 57.4 Å². The molecule has 2 aliphatic heterocycles. The molecule has 0 aromatic carbocycles. The number of ether oxygens (including phenoxy) is 3. The molecule has 0 aromatic heterocycles. The minimum atomic E-state index is -1.09. The lowest BCUT2D eigenvalue weighted by Gasteiger charge is -2.53. The molecule has 2 saturated heterocycles. The Morgan fingerprint density at radius 2 is 1.66 bits per heavy atom. The van der Waals surface area contributed by atoms with Crippen LogP contribution in [0, 0.1) is 11.8 Å². The summed E-state index contributed by atoms with van der Waals surface area (Å²) in [7, 11) is 0. The van der Waals surface area contributed by atoms with Crippen LogP contribution in [-0.2, 0) is 33.4 Å². The normalized spacial score (nSPS) is 28.6. The second-order valence-corrected chi connectivity index (χ2v) is 12.8. The summed E-state index contributed by atoms with van der Waals surface area (Å²) in [5.41, 5.74) is 0.314. The Morgan fingerprint density at radius 1 is 0.936 bits per heavy atom. The lowest BCUT2D eigenvalue weighted by atomic mass is 9.78. The Hall–Kier alpha value is -3.54. The predicted molar refractivity (Wildman–Crippen MR) is 175 cm³/mol. The molecule has 11 nitrogen and oxygen atoms in total. The molecule has 11 heteroatoms. The van der Waals surface area contributed by atoms with E-state index in [4.69, 9.17) is 24.4 Å². The summed E-state index contributed by atoms with van der Waals surface area (Å²) in [4.78, 5) is 46.0. The van der Waals surface area contributed by atoms with Gasteiger partial charge in [0.2, 0.25) is 0 Å². The zero-order chi connectivity index (χ0) is 35.2. The molecule has 1 unspecified atom stereocenters. The Balaban J connectivity index is 2.31. The van der Waals surface area contributed by atoms with Gasteiger partial charge in [0.15, 0.2) is 5.79 Å². The molecule has 262 valence electrons. The van der Waals surface area contributed by atoms with E-state index in [1.807, 2.05) is 19.9 Å². The zero-order valence-electron chi connectivity index (χ0n) is 28.2. The highest BCUT2D eigenvalue weighted by Crippen LogP contribution is 2.48. The van der Waals surface area contributed by atoms with Gasteiger partial charge in [-0.15, -0.1) is 0 Å². The number of allylic oxidation sites excluding steroid dienone is 4. The molecule has 4 N–H and O–H groups in total. The molecule has 0 aliphatic carbocycles. The highest BCUT2D eigenvalue weighted by Gasteiger charge is 2.54. The average molecular weight is 661 g/mol. The SMILES string of the molecule is CCCCC1(OC(=O)CCC(=O)O)CC[C@]2(CC[C@H](C)[C@@H](C/C=C(C)/C=C/[C@H](O)[C@@H](C)/C=C/C(=O)O)O2)O[C@H]1/C=C/C(C)=C/C(=O)O. The topological polar surface area (TPSA) is 177 Å². The third-order valence-electron chi connectivity index (χ3n) is 8.78. The molecule has 47 heavy (non-hydrogen) atoms. The van der Waals surface area contributed by atoms with Gasteiger partial charge in [-0.25, -0.2) is 9.59 Å². The van der Waals surface area contributed by atoms with Crippen LogP contribution in [0.1, 0.15) is 98.8 Å². The molecule has 0 saturated carbocycles. The van der Waals surface area contributed by atoms with Crippen LogP contribution in [0.5, 0.6) is 0 Å². The Labute approximate surface area is 277 Å². The van der Waals surface area contributed by atoms with Crippen molar-refractivity contribution in [2.24, 2.45) is 11.8 Å². The summed E-state index contributed by atoms with van der Waals surface area (Å²) in [5.74, 6) is -4.98. The van der Waals surface area contributed by atoms with Gasteiger partial charge in [-0.2, -0.15) is 0 Å². The van der Waals surface area contributed by atoms with Crippen molar-refractivity contribution >= 4 is 23.9 Å². The van der Waals surface area contributed by atoms with Crippen molar-refractivity contribution in [3.05, 3.63) is 59.8 Å². The summed E-state index contributed by atoms with van der Waals surface area (Å²) in [6.07, 6.45) is 14.9. The number of carbonyl (C=O) groups is 4. The molecule has 0 radical (unpaired) electrons. The maximum absolute atomic E-state index is 12.9. The van der Waals surface area contributed by atoms with Crippen molar-refractivity contribution in [2.75, 3.05) is 0 Å². The Morgan fingerprint density at radius 3 is 2.30 bits per heavy atom. The molecular weight excluding hydrogens is 608 g/mol. The van der Waals surface area contributed by atoms with Crippen molar-refractivity contribution in [2.45, 2.75) is 129 Å². The Bertz CT molecular complexity index is 1250. The van der Waals surface area contributed by atoms with E-state index in [-0.39, 0.29) is 30.8 Å². The summed E-state index contributed by atoms with van der Waals surface area (Å²) >= 11 is 0. The van der Waals surface area contributed by atoms with E-state index < -0.39 is 47.5 Å². The van der Waals surface area contributed by atoms with E-state index in [2.05, 4.69) is 6.92 Å². The number of aliphatic hydroxyl groups is 1. The van der Waals surface area contributed by atoms with Gasteiger partial charge in [-0.1, -0.05) is 69.2 Å². The number of carboxylic acid groups (broad SMARTS) is 3. The van der Waals surface area contributed by atoms with Crippen LogP contribution in [0.15, 0.2) is 59.8 Å². The average Bonchev–Trinajstić information content (AvgIpc) is 3.01. The standard InChI is InChI=1S/C36H52O11/c1-6-7-19-35(47-34(44)17-16-32(40)41)21-22-36(46-30(35)14-10-25(3)23-33(42)43)20-18-27(5)29(45-36)13-9-24(2)8-12-28(37)26(4)11-15-31(38)39/h8-12,14-15,23,26-30,37H,6-7,13,16-22H2,1-5H3,(H,38,39)(H,40,41)(H,42,43)/b12-8+,14-10+,15-11+,24-9+,25-23+/t26-,27-,28-,29+,30-,35?,36-/m0/s1. The highest BCUT2D eigenvalue weighted by molar-refractivity contribution is 5.81. The molecule has 2 fully saturated rings. The van der Waals surface area contributed by atoms with Gasteiger partial charge < -0.3 is 34.6 Å². The maximum atomic E-state index is 12.9. The molecule has 7 atom stereocenters. The fourth-order valence-electron chi connectivity index (χ4n) is 5.81. The van der Waals surface area contributed by atoms with E-state index in [0.29, 0.717) is 37.7 Å². The molecular formula is C36H52O11. The van der Waals surface area contributed by atoms with Crippen LogP contribution in [0.4, 0.5) is 0 Å². The van der Waals surface area contributed by atoms with Gasteiger partial charge in [0.25, 0.3) is 0 Å². The second-order valence-electron chi connectivity index (χ2n) is 12.8. The summed E-state index contributed by atoms with van der Waals surface area (Å²) < 4.78 is 19.5. The fraction of sp³-hybridized carbons (Fsp3) is 0.611. The monoisotopic (exact) mass is 660 g/mol. The first kappa shape index (κ1) is 39.6. The van der Waals surface area contributed by atoms with Gasteiger partial charge in [0.1, 0.15) is 11.7 Å². The number of esters is 1. The number of hydrogen-bond donors (Lipinski definition) is 4. The van der Waals surface area contributed by atoms with Crippen molar-refractivity contribution in [3.8, 4) is 0 Å². The third kappa shape index (κ3) is 13.2. The van der Waals surface area contributed by atoms with Crippen LogP contribution in [0.25, 0.3) is 0 Å². The van der Waals surface area contributed by atoms with Crippen LogP contribution in [0.3, 0.4) is 0 Å². The van der Waals surface area contributed by atoms with Gasteiger partial charge >= 0.3 is 23.9 Å². The number of aliphatic hydroxyl groups excluding tert-OH is 1. The molecule has 1 spiro atoms. The highest BCUT2D eigenvalue weighted by atomic mass is 16.7. The van der Waals surface area contributed by atoms with E-state index >= 15 is 0 Å². The lowest BCUT2D eigenvalue weighted by Crippen LogP contribution is -2.59. The number of carboxylic acids is 3. The predicted octanol–water partition coefficient (Wildman–Crippen LogP) is 6.13. The molecule has 0 aromatic rings. The maximum Gasteiger partial charge on any atom is 0.328 e. The van der Waals surface area contributed by atoms with Crippen LogP contribution in [-0.4, -0.2) is 74.0 Å². The fourth-order valence-corrected chi connectivity index (χ4v) is 5.81. The number of unbranched alkanes of at least 4 members (excludes halogenated alkanes) is 1. The zero-order valence-corrected chi connectivity index (χ0v) is 28.2. The van der Waals surface area contributed by atoms with Crippen LogP contribution >= 0.6 is 0 Å². The third-order valence-corrected chi connectivity index (χ3v) is 8.78. The first-order valence-corrected chi connectivity index (χ1v) is 16.4. The lowest BCUT2D eigenvalue weighted by molar-refractivity contribution is -0.344. The van der Waals surface area contributed by atoms with E-state index in [9.17, 15) is 29.4 Å².